The van der Waals surface area contributed by atoms with Gasteiger partial charge in [0.05, 0.1) is 10.3 Å². The van der Waals surface area contributed by atoms with E-state index in [0.29, 0.717) is 5.65 Å². The van der Waals surface area contributed by atoms with Gasteiger partial charge in [-0.15, -0.1) is 0 Å². The highest BCUT2D eigenvalue weighted by Crippen LogP contribution is 2.28. The summed E-state index contributed by atoms with van der Waals surface area (Å²) in [5.74, 6) is 0.787. The molecular weight excluding hydrogens is 318 g/mol. The van der Waals surface area contributed by atoms with Crippen LogP contribution < -0.4 is 5.32 Å². The number of rotatable bonds is 8. The van der Waals surface area contributed by atoms with Crippen molar-refractivity contribution in [1.29, 1.82) is 0 Å². The minimum atomic E-state index is -0.394. The second-order valence-electron chi connectivity index (χ2n) is 5.96. The number of aromatic nitrogens is 3. The molecule has 3 rings (SSSR count). The number of nitrogens with zero attached hydrogens (tertiary/aromatic N) is 3. The van der Waals surface area contributed by atoms with E-state index in [1.165, 1.54) is 31.7 Å². The van der Waals surface area contributed by atoms with E-state index >= 15 is 0 Å². The van der Waals surface area contributed by atoms with E-state index in [4.69, 9.17) is 0 Å². The second kappa shape index (κ2) is 7.74. The summed E-state index contributed by atoms with van der Waals surface area (Å²) in [4.78, 5) is 22.4. The first-order valence-corrected chi connectivity index (χ1v) is 8.51. The maximum absolute atomic E-state index is 11.0. The lowest BCUT2D eigenvalue weighted by atomic mass is 10.1. The first kappa shape index (κ1) is 16.9. The van der Waals surface area contributed by atoms with E-state index in [9.17, 15) is 10.1 Å². The van der Waals surface area contributed by atoms with Crippen molar-refractivity contribution in [2.75, 3.05) is 11.9 Å². The van der Waals surface area contributed by atoms with Gasteiger partial charge in [-0.25, -0.2) is 9.97 Å². The van der Waals surface area contributed by atoms with Crippen molar-refractivity contribution in [3.05, 3.63) is 46.8 Å². The van der Waals surface area contributed by atoms with Crippen molar-refractivity contribution in [3.63, 3.8) is 0 Å². The summed E-state index contributed by atoms with van der Waals surface area (Å²) in [6.45, 7) is 3.06. The molecule has 0 saturated heterocycles. The molecule has 1 aromatic carbocycles. The molecule has 2 N–H and O–H groups in total. The quantitative estimate of drug-likeness (QED) is 0.357. The number of H-pyrrole nitrogens is 1. The van der Waals surface area contributed by atoms with Crippen LogP contribution in [0.4, 0.5) is 11.5 Å². The highest BCUT2D eigenvalue weighted by atomic mass is 16.6. The Labute approximate surface area is 145 Å². The number of hydrogen-bond acceptors (Lipinski definition) is 5. The van der Waals surface area contributed by atoms with Crippen LogP contribution in [0.5, 0.6) is 0 Å². The Hall–Kier alpha value is -2.96. The third-order valence-corrected chi connectivity index (χ3v) is 4.12. The number of anilines is 1. The third kappa shape index (κ3) is 3.93. The first-order chi connectivity index (χ1) is 12.2. The van der Waals surface area contributed by atoms with Crippen LogP contribution in [-0.4, -0.2) is 26.4 Å². The Kier molecular flexibility index (Phi) is 5.23. The number of unbranched alkanes of at least 4 members (excludes halogenated alkanes) is 3. The number of aromatic amines is 1. The van der Waals surface area contributed by atoms with Crippen molar-refractivity contribution < 1.29 is 4.92 Å². The minimum absolute atomic E-state index is 0.0662. The molecule has 7 heteroatoms. The van der Waals surface area contributed by atoms with Crippen LogP contribution in [-0.2, 0) is 0 Å². The lowest BCUT2D eigenvalue weighted by Crippen LogP contribution is -2.03. The van der Waals surface area contributed by atoms with Crippen molar-refractivity contribution in [2.24, 2.45) is 0 Å². The number of non-ortho nitro benzene ring substituents is 1. The molecule has 0 unspecified atom stereocenters. The molecule has 0 saturated carbocycles. The number of nitrogens with one attached hydrogen (secondary N) is 2. The lowest BCUT2D eigenvalue weighted by Gasteiger charge is -2.05. The van der Waals surface area contributed by atoms with Gasteiger partial charge < -0.3 is 10.3 Å². The molecule has 0 aliphatic rings. The molecule has 3 aromatic rings. The normalized spacial score (nSPS) is 10.9. The fraction of sp³-hybridized carbons (Fsp3) is 0.333. The zero-order valence-corrected chi connectivity index (χ0v) is 14.2. The summed E-state index contributed by atoms with van der Waals surface area (Å²) in [6.07, 6.45) is 6.26. The average molecular weight is 339 g/mol. The van der Waals surface area contributed by atoms with Gasteiger partial charge in [0, 0.05) is 29.9 Å². The Balaban J connectivity index is 1.83. The van der Waals surface area contributed by atoms with E-state index in [0.717, 1.165) is 35.4 Å². The fourth-order valence-electron chi connectivity index (χ4n) is 2.78. The van der Waals surface area contributed by atoms with Gasteiger partial charge in [0.1, 0.15) is 17.8 Å². The molecule has 0 bridgehead atoms. The largest absolute Gasteiger partial charge is 0.369 e. The molecule has 0 aliphatic heterocycles. The summed E-state index contributed by atoms with van der Waals surface area (Å²) in [5.41, 5.74) is 2.32. The number of nitro groups is 1. The number of nitro benzene ring substituents is 1. The van der Waals surface area contributed by atoms with Crippen LogP contribution in [0, 0.1) is 10.1 Å². The molecule has 0 spiro atoms. The smallest absolute Gasteiger partial charge is 0.270 e. The number of hydrogen-bond donors (Lipinski definition) is 2. The highest BCUT2D eigenvalue weighted by molar-refractivity contribution is 5.91. The standard InChI is InChI=1S/C18H21N5O2/c1-2-3-4-5-9-19-17-15-11-16(22-18(15)21-12-20-17)13-7-6-8-14(10-13)23(24)25/h6-8,10-12H,2-5,9H2,1H3,(H2,19,20,21,22). The average Bonchev–Trinajstić information content (AvgIpc) is 3.07. The highest BCUT2D eigenvalue weighted by Gasteiger charge is 2.12. The van der Waals surface area contributed by atoms with Crippen LogP contribution in [0.2, 0.25) is 0 Å². The van der Waals surface area contributed by atoms with Gasteiger partial charge in [-0.2, -0.15) is 0 Å². The molecular formula is C18H21N5O2. The van der Waals surface area contributed by atoms with Gasteiger partial charge in [-0.05, 0) is 12.5 Å². The Bertz CT molecular complexity index is 875. The van der Waals surface area contributed by atoms with Crippen LogP contribution in [0.1, 0.15) is 32.6 Å². The molecule has 0 radical (unpaired) electrons. The Morgan fingerprint density at radius 1 is 1.20 bits per heavy atom. The fourth-order valence-corrected chi connectivity index (χ4v) is 2.78. The topological polar surface area (TPSA) is 96.7 Å². The second-order valence-corrected chi connectivity index (χ2v) is 5.96. The van der Waals surface area contributed by atoms with Gasteiger partial charge in [0.15, 0.2) is 0 Å². The SMILES string of the molecule is CCCCCCNc1ncnc2[nH]c(-c3cccc([N+](=O)[O-])c3)cc12. The Morgan fingerprint density at radius 3 is 2.88 bits per heavy atom. The van der Waals surface area contributed by atoms with Crippen molar-refractivity contribution in [1.82, 2.24) is 15.0 Å². The molecule has 0 atom stereocenters. The molecule has 2 heterocycles. The zero-order chi connectivity index (χ0) is 17.6. The maximum Gasteiger partial charge on any atom is 0.270 e. The molecule has 0 aliphatic carbocycles. The summed E-state index contributed by atoms with van der Waals surface area (Å²) in [7, 11) is 0. The third-order valence-electron chi connectivity index (χ3n) is 4.12. The monoisotopic (exact) mass is 339 g/mol. The first-order valence-electron chi connectivity index (χ1n) is 8.51. The van der Waals surface area contributed by atoms with Gasteiger partial charge in [0.25, 0.3) is 5.69 Å². The predicted octanol–water partition coefficient (Wildman–Crippen LogP) is 4.53. The van der Waals surface area contributed by atoms with Gasteiger partial charge in [-0.3, -0.25) is 10.1 Å². The molecule has 2 aromatic heterocycles. The maximum atomic E-state index is 11.0. The van der Waals surface area contributed by atoms with Crippen molar-refractivity contribution in [3.8, 4) is 11.3 Å². The molecule has 0 amide bonds. The van der Waals surface area contributed by atoms with Crippen LogP contribution in [0.3, 0.4) is 0 Å². The number of benzene rings is 1. The van der Waals surface area contributed by atoms with E-state index in [2.05, 4.69) is 27.2 Å². The lowest BCUT2D eigenvalue weighted by molar-refractivity contribution is -0.384. The number of fused-ring (bicyclic) bond motifs is 1. The van der Waals surface area contributed by atoms with Gasteiger partial charge in [0.2, 0.25) is 0 Å². The van der Waals surface area contributed by atoms with Crippen LogP contribution in [0.25, 0.3) is 22.3 Å². The van der Waals surface area contributed by atoms with Crippen molar-refractivity contribution >= 4 is 22.5 Å². The van der Waals surface area contributed by atoms with Crippen LogP contribution in [0.15, 0.2) is 36.7 Å². The zero-order valence-electron chi connectivity index (χ0n) is 14.2. The summed E-state index contributed by atoms with van der Waals surface area (Å²) in [5, 5.41) is 15.2. The Morgan fingerprint density at radius 2 is 2.08 bits per heavy atom. The van der Waals surface area contributed by atoms with E-state index in [-0.39, 0.29) is 5.69 Å². The summed E-state index contributed by atoms with van der Waals surface area (Å²) < 4.78 is 0. The summed E-state index contributed by atoms with van der Waals surface area (Å²) >= 11 is 0. The molecule has 7 nitrogen and oxygen atoms in total. The van der Waals surface area contributed by atoms with E-state index in [1.807, 2.05) is 12.1 Å². The van der Waals surface area contributed by atoms with E-state index in [1.54, 1.807) is 12.1 Å². The predicted molar refractivity (Wildman–Crippen MR) is 98.6 cm³/mol. The van der Waals surface area contributed by atoms with Crippen molar-refractivity contribution in [2.45, 2.75) is 32.6 Å². The van der Waals surface area contributed by atoms with Crippen LogP contribution >= 0.6 is 0 Å². The summed E-state index contributed by atoms with van der Waals surface area (Å²) in [6, 6.07) is 8.48. The van der Waals surface area contributed by atoms with Gasteiger partial charge in [-0.1, -0.05) is 38.3 Å². The minimum Gasteiger partial charge on any atom is -0.369 e. The molecule has 0 fully saturated rings. The molecule has 25 heavy (non-hydrogen) atoms. The van der Waals surface area contributed by atoms with E-state index < -0.39 is 4.92 Å². The molecule has 130 valence electrons. The van der Waals surface area contributed by atoms with Gasteiger partial charge >= 0.3 is 0 Å².